The van der Waals surface area contributed by atoms with Crippen molar-refractivity contribution in [3.05, 3.63) is 172 Å². The van der Waals surface area contributed by atoms with E-state index in [-0.39, 0.29) is 37.3 Å². The van der Waals surface area contributed by atoms with Crippen molar-refractivity contribution >= 4 is 57.8 Å². The minimum absolute atomic E-state index is 0.0933. The van der Waals surface area contributed by atoms with Gasteiger partial charge < -0.3 is 13.9 Å². The van der Waals surface area contributed by atoms with Gasteiger partial charge in [-0.3, -0.25) is 20.2 Å². The van der Waals surface area contributed by atoms with Gasteiger partial charge in [0.2, 0.25) is 0 Å². The van der Waals surface area contributed by atoms with Gasteiger partial charge in [0, 0.05) is 92.1 Å². The minimum atomic E-state index is -0.454. The Balaban J connectivity index is 1.54. The molecule has 6 aromatic rings. The van der Waals surface area contributed by atoms with Gasteiger partial charge in [0.05, 0.1) is 35.6 Å². The first kappa shape index (κ1) is 33.9. The van der Waals surface area contributed by atoms with Gasteiger partial charge in [0.25, 0.3) is 11.4 Å². The molecular formula is C34H24Cl4N6O5. The summed E-state index contributed by atoms with van der Waals surface area (Å²) in [7, 11) is 0. The molecule has 248 valence electrons. The summed E-state index contributed by atoms with van der Waals surface area (Å²) in [6.45, 7) is 0.323. The van der Waals surface area contributed by atoms with Gasteiger partial charge in [-0.05, 0) is 47.5 Å². The number of halogens is 4. The number of benzene rings is 4. The lowest BCUT2D eigenvalue weighted by Crippen LogP contribution is -2.10. The molecule has 0 spiro atoms. The summed E-state index contributed by atoms with van der Waals surface area (Å²) in [5, 5.41) is 26.3. The second-order valence-electron chi connectivity index (χ2n) is 11.0. The first-order chi connectivity index (χ1) is 23.6. The molecule has 2 heterocycles. The molecule has 49 heavy (non-hydrogen) atoms. The number of nitro benzene ring substituents is 2. The maximum atomic E-state index is 12.4. The van der Waals surface area contributed by atoms with E-state index in [1.54, 1.807) is 83.0 Å². The zero-order valence-electron chi connectivity index (χ0n) is 25.3. The number of hydrogen-bond acceptors (Lipinski definition) is 7. The Kier molecular flexibility index (Phi) is 10.2. The van der Waals surface area contributed by atoms with Crippen LogP contribution in [0.4, 0.5) is 11.4 Å². The van der Waals surface area contributed by atoms with Crippen molar-refractivity contribution in [3.8, 4) is 11.5 Å². The number of aromatic nitrogens is 4. The van der Waals surface area contributed by atoms with Crippen LogP contribution in [0.3, 0.4) is 0 Å². The molecule has 6 rings (SSSR count). The van der Waals surface area contributed by atoms with Crippen LogP contribution in [-0.4, -0.2) is 28.9 Å². The van der Waals surface area contributed by atoms with Gasteiger partial charge >= 0.3 is 0 Å². The fourth-order valence-corrected chi connectivity index (χ4v) is 6.50. The molecule has 15 heteroatoms. The van der Waals surface area contributed by atoms with Crippen molar-refractivity contribution in [1.29, 1.82) is 0 Å². The third-order valence-electron chi connectivity index (χ3n) is 7.90. The highest BCUT2D eigenvalue weighted by atomic mass is 35.5. The highest BCUT2D eigenvalue weighted by Crippen LogP contribution is 2.41. The lowest BCUT2D eigenvalue weighted by molar-refractivity contribution is -0.385. The summed E-state index contributed by atoms with van der Waals surface area (Å²) in [4.78, 5) is 32.1. The van der Waals surface area contributed by atoms with Gasteiger partial charge in [-0.15, -0.1) is 0 Å². The molecule has 0 saturated heterocycles. The number of ether oxygens (including phenoxy) is 1. The Labute approximate surface area is 299 Å². The average Bonchev–Trinajstić information content (AvgIpc) is 3.77. The maximum absolute atomic E-state index is 12.4. The molecular weight excluding hydrogens is 714 g/mol. The van der Waals surface area contributed by atoms with E-state index >= 15 is 0 Å². The lowest BCUT2D eigenvalue weighted by Gasteiger charge is -2.20. The first-order valence-corrected chi connectivity index (χ1v) is 16.1. The van der Waals surface area contributed by atoms with E-state index in [9.17, 15) is 20.2 Å². The Morgan fingerprint density at radius 3 is 1.39 bits per heavy atom. The van der Waals surface area contributed by atoms with Crippen molar-refractivity contribution in [2.45, 2.75) is 25.9 Å². The van der Waals surface area contributed by atoms with Gasteiger partial charge in [-0.25, -0.2) is 9.97 Å². The van der Waals surface area contributed by atoms with Crippen molar-refractivity contribution < 1.29 is 14.6 Å². The standard InChI is InChI=1S/C34H24Cl4N6O5/c35-23-3-1-21(29(37)15-23)13-25-27(17-41-11-9-39-19-41)33(7-5-31(25)43(45)46)49-34-8-6-32(44(47)48)26(28(34)18-42-12-10-40-20-42)14-22-2-4-24(36)16-30(22)38/h1-12,15-16,19-20H,13-14,17-18H2. The summed E-state index contributed by atoms with van der Waals surface area (Å²) in [5.41, 5.74) is 2.70. The topological polar surface area (TPSA) is 131 Å². The van der Waals surface area contributed by atoms with Crippen molar-refractivity contribution in [1.82, 2.24) is 19.1 Å². The summed E-state index contributed by atoms with van der Waals surface area (Å²) in [6.07, 6.45) is 10.0. The third kappa shape index (κ3) is 7.71. The first-order valence-electron chi connectivity index (χ1n) is 14.6. The predicted octanol–water partition coefficient (Wildman–Crippen LogP) is 9.58. The number of hydrogen-bond donors (Lipinski definition) is 0. The third-order valence-corrected chi connectivity index (χ3v) is 9.08. The fourth-order valence-electron chi connectivity index (χ4n) is 5.55. The normalized spacial score (nSPS) is 11.1. The van der Waals surface area contributed by atoms with Crippen LogP contribution in [0.25, 0.3) is 0 Å². The Hall–Kier alpha value is -4.94. The molecule has 0 bridgehead atoms. The van der Waals surface area contributed by atoms with Crippen LogP contribution >= 0.6 is 46.4 Å². The SMILES string of the molecule is O=[N+]([O-])c1ccc(Oc2ccc([N+](=O)[O-])c(Cc3ccc(Cl)cc3Cl)c2Cn2ccnc2)c(Cn2ccnc2)c1Cc1ccc(Cl)cc1Cl. The monoisotopic (exact) mass is 736 g/mol. The molecule has 0 aliphatic carbocycles. The fraction of sp³-hybridized carbons (Fsp3) is 0.118. The van der Waals surface area contributed by atoms with E-state index in [1.807, 2.05) is 0 Å². The van der Waals surface area contributed by atoms with Crippen molar-refractivity contribution in [2.75, 3.05) is 0 Å². The summed E-state index contributed by atoms with van der Waals surface area (Å²) < 4.78 is 10.2. The van der Waals surface area contributed by atoms with Crippen LogP contribution in [0.1, 0.15) is 33.4 Å². The van der Waals surface area contributed by atoms with Crippen molar-refractivity contribution in [2.24, 2.45) is 0 Å². The smallest absolute Gasteiger partial charge is 0.273 e. The molecule has 2 aromatic heterocycles. The zero-order chi connectivity index (χ0) is 34.7. The summed E-state index contributed by atoms with van der Waals surface area (Å²) in [6, 6.07) is 15.7. The molecule has 0 unspecified atom stereocenters. The minimum Gasteiger partial charge on any atom is -0.457 e. The summed E-state index contributed by atoms with van der Waals surface area (Å²) >= 11 is 25.3. The molecule has 0 fully saturated rings. The van der Waals surface area contributed by atoms with E-state index in [1.165, 1.54) is 24.3 Å². The quantitative estimate of drug-likeness (QED) is 0.0903. The second kappa shape index (κ2) is 14.7. The van der Waals surface area contributed by atoms with E-state index in [4.69, 9.17) is 51.1 Å². The van der Waals surface area contributed by atoms with Gasteiger partial charge in [0.15, 0.2) is 0 Å². The molecule has 0 amide bonds. The van der Waals surface area contributed by atoms with Crippen LogP contribution in [0.2, 0.25) is 20.1 Å². The zero-order valence-corrected chi connectivity index (χ0v) is 28.3. The lowest BCUT2D eigenvalue weighted by atomic mass is 9.95. The van der Waals surface area contributed by atoms with Gasteiger partial charge in [-0.1, -0.05) is 58.5 Å². The molecule has 0 aliphatic rings. The second-order valence-corrected chi connectivity index (χ2v) is 12.7. The average molecular weight is 738 g/mol. The molecule has 0 N–H and O–H groups in total. The molecule has 4 aromatic carbocycles. The highest BCUT2D eigenvalue weighted by molar-refractivity contribution is 6.35. The van der Waals surface area contributed by atoms with Crippen LogP contribution in [0, 0.1) is 20.2 Å². The van der Waals surface area contributed by atoms with Crippen LogP contribution in [-0.2, 0) is 25.9 Å². The molecule has 0 aliphatic heterocycles. The van der Waals surface area contributed by atoms with Gasteiger partial charge in [0.1, 0.15) is 11.5 Å². The maximum Gasteiger partial charge on any atom is 0.273 e. The number of rotatable bonds is 12. The molecule has 0 saturated carbocycles. The Morgan fingerprint density at radius 1 is 0.612 bits per heavy atom. The Bertz CT molecular complexity index is 2020. The van der Waals surface area contributed by atoms with E-state index in [0.717, 1.165) is 0 Å². The number of nitro groups is 2. The molecule has 0 atom stereocenters. The van der Waals surface area contributed by atoms with Crippen LogP contribution < -0.4 is 4.74 Å². The summed E-state index contributed by atoms with van der Waals surface area (Å²) in [5.74, 6) is 0.603. The number of imidazole rings is 2. The van der Waals surface area contributed by atoms with Crippen LogP contribution in [0.5, 0.6) is 11.5 Å². The van der Waals surface area contributed by atoms with E-state index in [2.05, 4.69) is 9.97 Å². The number of nitrogens with zero attached hydrogens (tertiary/aromatic N) is 6. The van der Waals surface area contributed by atoms with E-state index < -0.39 is 9.85 Å². The van der Waals surface area contributed by atoms with E-state index in [0.29, 0.717) is 65.0 Å². The molecule has 0 radical (unpaired) electrons. The molecule has 11 nitrogen and oxygen atoms in total. The van der Waals surface area contributed by atoms with Crippen LogP contribution in [0.15, 0.2) is 98.1 Å². The predicted molar refractivity (Wildman–Crippen MR) is 187 cm³/mol. The van der Waals surface area contributed by atoms with Gasteiger partial charge in [-0.2, -0.15) is 0 Å². The largest absolute Gasteiger partial charge is 0.457 e. The Morgan fingerprint density at radius 2 is 1.04 bits per heavy atom. The van der Waals surface area contributed by atoms with Crippen molar-refractivity contribution in [3.63, 3.8) is 0 Å². The highest BCUT2D eigenvalue weighted by Gasteiger charge is 2.27.